The Morgan fingerprint density at radius 1 is 0.603 bits per heavy atom. The van der Waals surface area contributed by atoms with E-state index < -0.39 is 11.2 Å². The van der Waals surface area contributed by atoms with Gasteiger partial charge in [0.15, 0.2) is 11.5 Å². The van der Waals surface area contributed by atoms with Crippen molar-refractivity contribution in [1.82, 2.24) is 9.80 Å². The molecule has 0 amide bonds. The van der Waals surface area contributed by atoms with E-state index in [0.29, 0.717) is 23.4 Å². The number of hydrogen-bond donors (Lipinski definition) is 3. The van der Waals surface area contributed by atoms with Gasteiger partial charge in [0.2, 0.25) is 0 Å². The molecule has 0 aromatic heterocycles. The van der Waals surface area contributed by atoms with Crippen molar-refractivity contribution in [2.75, 3.05) is 13.1 Å². The number of aliphatic hydroxyl groups is 2. The molecule has 0 radical (unpaired) electrons. The SMILES string of the molecule is C.C.CC12CCC3(CC1C(C)(O)C(C)(C)C)[C@@H]1N(CC4CC4)[C@@]14Cc1ccc(O)c5c1[C@@]3(C4)C2O5.Cc1ccc2c3c1OC1C4(C)CCC5(CC4C(C)(O)C(C)(C)C)[C@@H]4N(CC6CC6)[C@]4(C2)C[C@]315. The van der Waals surface area contributed by atoms with Crippen LogP contribution in [0.1, 0.15) is 189 Å². The number of hydrogen-bond acceptors (Lipinski definition) is 7. The Labute approximate surface area is 409 Å². The van der Waals surface area contributed by atoms with E-state index in [-0.39, 0.29) is 87.8 Å². The molecule has 68 heavy (non-hydrogen) atoms. The minimum Gasteiger partial charge on any atom is -0.504 e. The maximum absolute atomic E-state index is 12.2. The highest BCUT2D eigenvalue weighted by Gasteiger charge is 2.93. The summed E-state index contributed by atoms with van der Waals surface area (Å²) >= 11 is 0. The third-order valence-electron chi connectivity index (χ3n) is 25.4. The monoisotopic (exact) mass is 929 g/mol. The lowest BCUT2D eigenvalue weighted by atomic mass is 9.35. The number of benzene rings is 2. The number of likely N-dealkylation sites (tertiary alicyclic amines) is 2. The van der Waals surface area contributed by atoms with Crippen molar-refractivity contribution in [3.63, 3.8) is 0 Å². The normalized spacial score (nSPS) is 50.1. The van der Waals surface area contributed by atoms with E-state index in [1.165, 1.54) is 106 Å². The number of aromatic hydroxyl groups is 1. The Balaban J connectivity index is 0.000000131. The highest BCUT2D eigenvalue weighted by molar-refractivity contribution is 5.68. The number of fused-ring (bicyclic) bond motifs is 4. The second kappa shape index (κ2) is 12.4. The first kappa shape index (κ1) is 45.5. The largest absolute Gasteiger partial charge is 0.504 e. The van der Waals surface area contributed by atoms with Crippen molar-refractivity contribution < 1.29 is 24.8 Å². The first-order valence-corrected chi connectivity index (χ1v) is 27.1. The predicted molar refractivity (Wildman–Crippen MR) is 269 cm³/mol. The summed E-state index contributed by atoms with van der Waals surface area (Å²) in [6.45, 7) is 27.3. The van der Waals surface area contributed by atoms with Crippen LogP contribution in [-0.4, -0.2) is 84.8 Å². The molecule has 4 heterocycles. The fourth-order valence-corrected chi connectivity index (χ4v) is 21.4. The fraction of sp³-hybridized carbons (Fsp3) is 0.803. The van der Waals surface area contributed by atoms with Crippen molar-refractivity contribution in [3.8, 4) is 17.2 Å². The lowest BCUT2D eigenvalue weighted by Gasteiger charge is -2.70. The molecule has 4 aliphatic heterocycles. The molecule has 16 aliphatic rings. The van der Waals surface area contributed by atoms with E-state index in [1.807, 2.05) is 6.07 Å². The Kier molecular flexibility index (Phi) is 8.28. The Hall–Kier alpha value is -2.32. The molecule has 10 saturated carbocycles. The summed E-state index contributed by atoms with van der Waals surface area (Å²) in [6, 6.07) is 10.2. The first-order chi connectivity index (χ1) is 30.8. The van der Waals surface area contributed by atoms with Gasteiger partial charge >= 0.3 is 0 Å². The van der Waals surface area contributed by atoms with Crippen LogP contribution >= 0.6 is 0 Å². The number of phenolic OH excluding ortho intramolecular Hbond substituents is 1. The highest BCUT2D eigenvalue weighted by Crippen LogP contribution is 2.89. The molecule has 18 atom stereocenters. The van der Waals surface area contributed by atoms with Gasteiger partial charge in [-0.15, -0.1) is 0 Å². The van der Waals surface area contributed by atoms with Crippen LogP contribution in [0, 0.1) is 63.1 Å². The minimum absolute atomic E-state index is 0. The van der Waals surface area contributed by atoms with Crippen LogP contribution in [0.15, 0.2) is 24.3 Å². The van der Waals surface area contributed by atoms with Gasteiger partial charge in [0, 0.05) is 79.9 Å². The smallest absolute Gasteiger partial charge is 0.165 e. The molecule has 2 saturated heterocycles. The zero-order valence-corrected chi connectivity index (χ0v) is 42.3. The highest BCUT2D eigenvalue weighted by atomic mass is 16.5. The van der Waals surface area contributed by atoms with E-state index in [4.69, 9.17) is 9.47 Å². The Morgan fingerprint density at radius 3 is 1.44 bits per heavy atom. The third-order valence-corrected chi connectivity index (χ3v) is 25.4. The number of piperidine rings is 2. The molecule has 8 bridgehead atoms. The lowest BCUT2D eigenvalue weighted by molar-refractivity contribution is -0.246. The third kappa shape index (κ3) is 4.50. The van der Waals surface area contributed by atoms with Crippen LogP contribution in [0.5, 0.6) is 17.2 Å². The lowest BCUT2D eigenvalue weighted by Crippen LogP contribution is -2.73. The maximum Gasteiger partial charge on any atom is 0.165 e. The summed E-state index contributed by atoms with van der Waals surface area (Å²) in [5, 5.41) is 35.3. The van der Waals surface area contributed by atoms with E-state index in [1.54, 1.807) is 11.1 Å². The summed E-state index contributed by atoms with van der Waals surface area (Å²) in [5.41, 5.74) is 6.64. The molecular formula is C61H88N2O5. The summed E-state index contributed by atoms with van der Waals surface area (Å²) in [7, 11) is 0. The zero-order chi connectivity index (χ0) is 45.9. The summed E-state index contributed by atoms with van der Waals surface area (Å²) in [6.07, 6.45) is 17.9. The van der Waals surface area contributed by atoms with Gasteiger partial charge in [0.1, 0.15) is 18.0 Å². The standard InChI is InChI=1S/C30H41NO2.C29H39NO3.2CH4/c1-17-7-10-19-13-29-16-30-21(19)22(17)33-24(30)26(5)11-12-28(30,23(29)31(29)15-18-8-9-18)14-20(26)27(6,32)25(2,3)4;1-24(2,3)26(5,32)19-13-27-11-10-25(19,4)23-29(27)15-28(22(27)30(28)14-16-6-7-16)12-17-8-9-18(31)21(33-23)20(17)29;;/h7,10,18,20,23-24,32H,8-9,11-16H2,1-6H3;8-9,16,19,22-23,31-32H,6-7,10-15H2,1-5H3;2*1H4/t20?,23-,24?,26?,27?,28?,29+,30-,31?;19?,22-,23?,25?,26?,27?,28+,29-,30?;;/m00../s1. The number of nitrogens with zero attached hydrogens (tertiary/aromatic N) is 2. The predicted octanol–water partition coefficient (Wildman–Crippen LogP) is 11.4. The van der Waals surface area contributed by atoms with Crippen LogP contribution in [0.2, 0.25) is 0 Å². The summed E-state index contributed by atoms with van der Waals surface area (Å²) < 4.78 is 14.1. The van der Waals surface area contributed by atoms with Crippen molar-refractivity contribution >= 4 is 0 Å². The Bertz CT molecular complexity index is 2410. The second-order valence-electron chi connectivity index (χ2n) is 29.7. The molecule has 372 valence electrons. The van der Waals surface area contributed by atoms with Gasteiger partial charge in [-0.2, -0.15) is 0 Å². The number of ether oxygens (including phenoxy) is 2. The van der Waals surface area contributed by atoms with E-state index in [9.17, 15) is 15.3 Å². The summed E-state index contributed by atoms with van der Waals surface area (Å²) in [5.74, 6) is 4.64. The van der Waals surface area contributed by atoms with Gasteiger partial charge in [0.05, 0.1) is 11.2 Å². The zero-order valence-electron chi connectivity index (χ0n) is 42.3. The number of phenols is 1. The fourth-order valence-electron chi connectivity index (χ4n) is 21.4. The molecule has 18 rings (SSSR count). The molecule has 12 fully saturated rings. The average molecular weight is 929 g/mol. The Morgan fingerprint density at radius 2 is 1.01 bits per heavy atom. The molecule has 6 spiro atoms. The first-order valence-electron chi connectivity index (χ1n) is 27.1. The van der Waals surface area contributed by atoms with Gasteiger partial charge < -0.3 is 24.8 Å². The van der Waals surface area contributed by atoms with Crippen LogP contribution in [0.4, 0.5) is 0 Å². The van der Waals surface area contributed by atoms with Gasteiger partial charge in [-0.25, -0.2) is 0 Å². The molecule has 2 aromatic rings. The van der Waals surface area contributed by atoms with Crippen molar-refractivity contribution in [3.05, 3.63) is 52.1 Å². The number of rotatable bonds is 6. The van der Waals surface area contributed by atoms with Crippen molar-refractivity contribution in [1.29, 1.82) is 0 Å². The molecule has 12 aliphatic carbocycles. The van der Waals surface area contributed by atoms with Crippen molar-refractivity contribution in [2.45, 2.75) is 238 Å². The van der Waals surface area contributed by atoms with Crippen LogP contribution in [0.25, 0.3) is 0 Å². The molecule has 7 nitrogen and oxygen atoms in total. The van der Waals surface area contributed by atoms with Gasteiger partial charge in [-0.3, -0.25) is 9.80 Å². The van der Waals surface area contributed by atoms with E-state index >= 15 is 0 Å². The van der Waals surface area contributed by atoms with Crippen molar-refractivity contribution in [2.24, 2.45) is 56.2 Å². The van der Waals surface area contributed by atoms with Crippen LogP contribution < -0.4 is 9.47 Å². The average Bonchev–Trinajstić information content (AvgIpc) is 4.21. The van der Waals surface area contributed by atoms with E-state index in [2.05, 4.69) is 104 Å². The number of aryl methyl sites for hydroxylation is 1. The molecule has 7 heteroatoms. The molecule has 2 aromatic carbocycles. The van der Waals surface area contributed by atoms with Gasteiger partial charge in [-0.1, -0.05) is 88.4 Å². The van der Waals surface area contributed by atoms with Crippen LogP contribution in [0.3, 0.4) is 0 Å². The topological polar surface area (TPSA) is 85.2 Å². The van der Waals surface area contributed by atoms with Gasteiger partial charge in [-0.05, 0) is 168 Å². The minimum atomic E-state index is -0.778. The van der Waals surface area contributed by atoms with Crippen LogP contribution in [-0.2, 0) is 23.7 Å². The molecule has 12 unspecified atom stereocenters. The quantitative estimate of drug-likeness (QED) is 0.249. The summed E-state index contributed by atoms with van der Waals surface area (Å²) in [4.78, 5) is 5.89. The van der Waals surface area contributed by atoms with Gasteiger partial charge in [0.25, 0.3) is 0 Å². The van der Waals surface area contributed by atoms with E-state index in [0.717, 1.165) is 36.8 Å². The second-order valence-corrected chi connectivity index (χ2v) is 29.7. The maximum atomic E-state index is 12.2. The molecular weight excluding hydrogens is 841 g/mol. The molecule has 3 N–H and O–H groups in total.